The van der Waals surface area contributed by atoms with Gasteiger partial charge in [-0.15, -0.1) is 0 Å². The molecule has 0 bridgehead atoms. The minimum absolute atomic E-state index is 0.192. The van der Waals surface area contributed by atoms with Crippen molar-refractivity contribution in [3.05, 3.63) is 39.8 Å². The number of esters is 1. The van der Waals surface area contributed by atoms with E-state index in [4.69, 9.17) is 4.74 Å². The fourth-order valence-electron chi connectivity index (χ4n) is 1.96. The Morgan fingerprint density at radius 3 is 2.80 bits per heavy atom. The molecule has 5 nitrogen and oxygen atoms in total. The first kappa shape index (κ1) is 14.1. The summed E-state index contributed by atoms with van der Waals surface area (Å²) in [5.41, 5.74) is 0.298. The number of aromatic amines is 1. The Labute approximate surface area is 116 Å². The van der Waals surface area contributed by atoms with Crippen LogP contribution in [0.2, 0.25) is 0 Å². The van der Waals surface area contributed by atoms with Crippen LogP contribution in [0.4, 0.5) is 0 Å². The van der Waals surface area contributed by atoms with Crippen molar-refractivity contribution in [1.82, 2.24) is 4.98 Å². The second-order valence-corrected chi connectivity index (χ2v) is 4.72. The fraction of sp³-hybridized carbons (Fsp3) is 0.333. The van der Waals surface area contributed by atoms with Crippen molar-refractivity contribution in [2.45, 2.75) is 26.7 Å². The van der Waals surface area contributed by atoms with E-state index in [0.29, 0.717) is 10.8 Å². The Morgan fingerprint density at radius 2 is 2.10 bits per heavy atom. The average molecular weight is 275 g/mol. The molecule has 0 aliphatic rings. The zero-order chi connectivity index (χ0) is 14.7. The van der Waals surface area contributed by atoms with E-state index in [9.17, 15) is 14.7 Å². The predicted octanol–water partition coefficient (Wildman–Crippen LogP) is 2.50. The Balaban J connectivity index is 2.45. The zero-order valence-electron chi connectivity index (χ0n) is 11.5. The molecule has 2 N–H and O–H groups in total. The Hall–Kier alpha value is -2.30. The van der Waals surface area contributed by atoms with Crippen LogP contribution in [-0.4, -0.2) is 22.7 Å². The first-order valence-electron chi connectivity index (χ1n) is 6.57. The molecule has 20 heavy (non-hydrogen) atoms. The minimum atomic E-state index is -0.712. The van der Waals surface area contributed by atoms with Crippen molar-refractivity contribution < 1.29 is 14.6 Å². The van der Waals surface area contributed by atoms with Gasteiger partial charge < -0.3 is 14.8 Å². The smallest absolute Gasteiger partial charge is 0.358 e. The van der Waals surface area contributed by atoms with Crippen LogP contribution in [0.1, 0.15) is 35.8 Å². The quantitative estimate of drug-likeness (QED) is 0.663. The number of hydrogen-bond donors (Lipinski definition) is 2. The third-order valence-corrected chi connectivity index (χ3v) is 3.09. The number of hydrogen-bond acceptors (Lipinski definition) is 4. The van der Waals surface area contributed by atoms with Gasteiger partial charge >= 0.3 is 5.97 Å². The topological polar surface area (TPSA) is 79.4 Å². The Kier molecular flexibility index (Phi) is 4.08. The maximum atomic E-state index is 12.0. The molecule has 0 radical (unpaired) electrons. The van der Waals surface area contributed by atoms with E-state index in [-0.39, 0.29) is 18.1 Å². The third-order valence-electron chi connectivity index (χ3n) is 3.09. The monoisotopic (exact) mass is 275 g/mol. The number of aromatic hydroxyl groups is 1. The van der Waals surface area contributed by atoms with E-state index in [1.165, 1.54) is 0 Å². The molecule has 1 aromatic carbocycles. The second-order valence-electron chi connectivity index (χ2n) is 4.72. The number of ether oxygens (including phenoxy) is 1. The number of aryl methyl sites for hydroxylation is 1. The van der Waals surface area contributed by atoms with Gasteiger partial charge in [0, 0.05) is 5.39 Å². The highest BCUT2D eigenvalue weighted by molar-refractivity contribution is 5.98. The Bertz CT molecular complexity index is 703. The van der Waals surface area contributed by atoms with Gasteiger partial charge in [0.05, 0.1) is 12.0 Å². The number of benzene rings is 1. The molecule has 0 atom stereocenters. The molecule has 0 spiro atoms. The van der Waals surface area contributed by atoms with Crippen LogP contribution >= 0.6 is 0 Å². The maximum absolute atomic E-state index is 12.0. The number of unbranched alkanes of at least 4 members (excludes halogenated alkanes) is 1. The van der Waals surface area contributed by atoms with Gasteiger partial charge in [-0.3, -0.25) is 4.79 Å². The van der Waals surface area contributed by atoms with E-state index in [1.54, 1.807) is 18.2 Å². The van der Waals surface area contributed by atoms with E-state index >= 15 is 0 Å². The van der Waals surface area contributed by atoms with E-state index in [2.05, 4.69) is 4.98 Å². The highest BCUT2D eigenvalue weighted by atomic mass is 16.5. The van der Waals surface area contributed by atoms with Gasteiger partial charge in [-0.1, -0.05) is 31.0 Å². The maximum Gasteiger partial charge on any atom is 0.358 e. The van der Waals surface area contributed by atoms with E-state index < -0.39 is 11.5 Å². The third kappa shape index (κ3) is 2.66. The van der Waals surface area contributed by atoms with Crippen LogP contribution in [-0.2, 0) is 4.74 Å². The van der Waals surface area contributed by atoms with Gasteiger partial charge in [-0.25, -0.2) is 4.79 Å². The molecular formula is C15H17NO4. The van der Waals surface area contributed by atoms with Gasteiger partial charge in [-0.2, -0.15) is 0 Å². The molecule has 0 amide bonds. The van der Waals surface area contributed by atoms with Crippen molar-refractivity contribution >= 4 is 16.7 Å². The molecule has 2 aromatic rings. The summed E-state index contributed by atoms with van der Waals surface area (Å²) < 4.78 is 5.01. The molecule has 0 unspecified atom stereocenters. The van der Waals surface area contributed by atoms with Crippen LogP contribution < -0.4 is 5.56 Å². The van der Waals surface area contributed by atoms with Crippen LogP contribution in [0.3, 0.4) is 0 Å². The molecular weight excluding hydrogens is 258 g/mol. The lowest BCUT2D eigenvalue weighted by atomic mass is 10.1. The average Bonchev–Trinajstić information content (AvgIpc) is 2.42. The van der Waals surface area contributed by atoms with Gasteiger partial charge in [0.25, 0.3) is 5.56 Å². The first-order chi connectivity index (χ1) is 9.54. The lowest BCUT2D eigenvalue weighted by Gasteiger charge is -2.08. The Morgan fingerprint density at radius 1 is 1.35 bits per heavy atom. The van der Waals surface area contributed by atoms with Crippen molar-refractivity contribution in [1.29, 1.82) is 0 Å². The molecule has 0 fully saturated rings. The zero-order valence-corrected chi connectivity index (χ0v) is 11.5. The summed E-state index contributed by atoms with van der Waals surface area (Å²) in [4.78, 5) is 26.2. The fourth-order valence-corrected chi connectivity index (χ4v) is 1.96. The van der Waals surface area contributed by atoms with Gasteiger partial charge in [-0.05, 0) is 19.4 Å². The molecule has 0 aliphatic heterocycles. The molecule has 0 aliphatic carbocycles. The van der Waals surface area contributed by atoms with Crippen molar-refractivity contribution in [3.63, 3.8) is 0 Å². The van der Waals surface area contributed by atoms with Gasteiger partial charge in [0.1, 0.15) is 0 Å². The number of carbonyl (C=O) groups is 1. The van der Waals surface area contributed by atoms with Crippen LogP contribution in [0.15, 0.2) is 23.0 Å². The van der Waals surface area contributed by atoms with Gasteiger partial charge in [0.15, 0.2) is 11.4 Å². The molecule has 0 saturated carbocycles. The molecule has 1 heterocycles. The van der Waals surface area contributed by atoms with Crippen molar-refractivity contribution in [3.8, 4) is 5.75 Å². The number of fused-ring (bicyclic) bond motifs is 1. The van der Waals surface area contributed by atoms with Gasteiger partial charge in [0.2, 0.25) is 0 Å². The summed E-state index contributed by atoms with van der Waals surface area (Å²) in [6.45, 7) is 4.09. The largest absolute Gasteiger partial charge is 0.505 e. The summed E-state index contributed by atoms with van der Waals surface area (Å²) in [7, 11) is 0. The molecule has 0 saturated heterocycles. The number of pyridine rings is 1. The van der Waals surface area contributed by atoms with E-state index in [0.717, 1.165) is 18.4 Å². The summed E-state index contributed by atoms with van der Waals surface area (Å²) in [5, 5.41) is 10.8. The minimum Gasteiger partial charge on any atom is -0.505 e. The lowest BCUT2D eigenvalue weighted by molar-refractivity contribution is 0.0489. The number of aromatic nitrogens is 1. The molecule has 5 heteroatoms. The SMILES string of the molecule is CCCCOC(=O)c1[nH]c(=O)c2cc(C)ccc2c1O. The summed E-state index contributed by atoms with van der Waals surface area (Å²) in [6.07, 6.45) is 1.64. The highest BCUT2D eigenvalue weighted by Crippen LogP contribution is 2.25. The molecule has 2 rings (SSSR count). The normalized spacial score (nSPS) is 10.7. The van der Waals surface area contributed by atoms with Crippen LogP contribution in [0.5, 0.6) is 5.75 Å². The second kappa shape index (κ2) is 5.77. The van der Waals surface area contributed by atoms with Crippen LogP contribution in [0, 0.1) is 6.92 Å². The number of carbonyl (C=O) groups excluding carboxylic acids is 1. The summed E-state index contributed by atoms with van der Waals surface area (Å²) in [5.74, 6) is -0.961. The number of rotatable bonds is 4. The summed E-state index contributed by atoms with van der Waals surface area (Å²) >= 11 is 0. The van der Waals surface area contributed by atoms with Crippen LogP contribution in [0.25, 0.3) is 10.8 Å². The molecule has 1 aromatic heterocycles. The van der Waals surface area contributed by atoms with Crippen molar-refractivity contribution in [2.75, 3.05) is 6.61 Å². The predicted molar refractivity (Wildman–Crippen MR) is 76.2 cm³/mol. The lowest BCUT2D eigenvalue weighted by Crippen LogP contribution is -2.16. The summed E-state index contributed by atoms with van der Waals surface area (Å²) in [6, 6.07) is 5.06. The van der Waals surface area contributed by atoms with Crippen molar-refractivity contribution in [2.24, 2.45) is 0 Å². The first-order valence-corrected chi connectivity index (χ1v) is 6.57. The number of H-pyrrole nitrogens is 1. The highest BCUT2D eigenvalue weighted by Gasteiger charge is 2.18. The van der Waals surface area contributed by atoms with E-state index in [1.807, 2.05) is 13.8 Å². The molecule has 106 valence electrons. The number of nitrogens with one attached hydrogen (secondary N) is 1. The standard InChI is InChI=1S/C15H17NO4/c1-3-4-7-20-15(19)12-13(17)10-6-5-9(2)8-11(10)14(18)16-12/h5-6,8,17H,3-4,7H2,1-2H3,(H,16,18).